The van der Waals surface area contributed by atoms with Gasteiger partial charge in [-0.2, -0.15) is 5.10 Å². The maximum absolute atomic E-state index is 12.5. The van der Waals surface area contributed by atoms with Gasteiger partial charge in [0.25, 0.3) is 11.5 Å². The molecule has 0 aromatic carbocycles. The van der Waals surface area contributed by atoms with Gasteiger partial charge in [0.15, 0.2) is 0 Å². The summed E-state index contributed by atoms with van der Waals surface area (Å²) < 4.78 is 0. The number of nitrogens with zero attached hydrogens (tertiary/aromatic N) is 3. The number of rotatable bonds is 5. The third-order valence-corrected chi connectivity index (χ3v) is 4.59. The maximum Gasteiger partial charge on any atom is 0.285 e. The highest BCUT2D eigenvalue weighted by atomic mass is 35.5. The standard InChI is InChI=1S/C17H20ClN5O2/c1-2-3-12-8-11(4-6-19-12)16(24)21-13-5-7-23(10-13)14-9-20-22-17(25)15(14)18/h4,6,8-9,13H,2-3,5,7,10H2,1H3,(H,21,24)(H,22,25). The summed E-state index contributed by atoms with van der Waals surface area (Å²) in [6, 6.07) is 3.55. The van der Waals surface area contributed by atoms with Crippen molar-refractivity contribution in [3.63, 3.8) is 0 Å². The summed E-state index contributed by atoms with van der Waals surface area (Å²) in [6.45, 7) is 3.37. The number of aromatic nitrogens is 3. The molecule has 0 spiro atoms. The second-order valence-electron chi connectivity index (χ2n) is 6.09. The number of amides is 1. The molecule has 3 rings (SSSR count). The first kappa shape index (κ1) is 17.4. The van der Waals surface area contributed by atoms with Crippen molar-refractivity contribution in [2.24, 2.45) is 0 Å². The van der Waals surface area contributed by atoms with E-state index >= 15 is 0 Å². The van der Waals surface area contributed by atoms with E-state index in [9.17, 15) is 9.59 Å². The zero-order chi connectivity index (χ0) is 17.8. The van der Waals surface area contributed by atoms with Crippen molar-refractivity contribution in [2.45, 2.75) is 32.2 Å². The van der Waals surface area contributed by atoms with E-state index in [1.807, 2.05) is 11.0 Å². The molecule has 1 amide bonds. The van der Waals surface area contributed by atoms with Crippen molar-refractivity contribution in [3.05, 3.63) is 51.2 Å². The number of hydrogen-bond donors (Lipinski definition) is 2. The molecule has 132 valence electrons. The van der Waals surface area contributed by atoms with E-state index in [1.54, 1.807) is 12.3 Å². The molecule has 0 saturated carbocycles. The molecule has 1 aliphatic heterocycles. The van der Waals surface area contributed by atoms with Crippen LogP contribution in [0.15, 0.2) is 29.3 Å². The van der Waals surface area contributed by atoms with E-state index < -0.39 is 5.56 Å². The lowest BCUT2D eigenvalue weighted by molar-refractivity contribution is 0.0940. The summed E-state index contributed by atoms with van der Waals surface area (Å²) in [7, 11) is 0. The molecule has 7 nitrogen and oxygen atoms in total. The minimum atomic E-state index is -0.410. The zero-order valence-corrected chi connectivity index (χ0v) is 14.7. The normalized spacial score (nSPS) is 16.9. The summed E-state index contributed by atoms with van der Waals surface area (Å²) in [6.07, 6.45) is 5.82. The third kappa shape index (κ3) is 3.99. The van der Waals surface area contributed by atoms with Gasteiger partial charge in [0, 0.05) is 36.6 Å². The van der Waals surface area contributed by atoms with Gasteiger partial charge in [-0.1, -0.05) is 24.9 Å². The van der Waals surface area contributed by atoms with Crippen LogP contribution in [0, 0.1) is 0 Å². The third-order valence-electron chi connectivity index (χ3n) is 4.23. The molecular formula is C17H20ClN5O2. The van der Waals surface area contributed by atoms with Gasteiger partial charge in [-0.15, -0.1) is 0 Å². The number of aryl methyl sites for hydroxylation is 1. The molecule has 0 bridgehead atoms. The van der Waals surface area contributed by atoms with Crippen LogP contribution in [-0.2, 0) is 6.42 Å². The van der Waals surface area contributed by atoms with Crippen LogP contribution in [0.5, 0.6) is 0 Å². The largest absolute Gasteiger partial charge is 0.367 e. The second-order valence-corrected chi connectivity index (χ2v) is 6.47. The number of carbonyl (C=O) groups is 1. The van der Waals surface area contributed by atoms with Crippen molar-refractivity contribution in [1.82, 2.24) is 20.5 Å². The van der Waals surface area contributed by atoms with Crippen LogP contribution < -0.4 is 15.8 Å². The lowest BCUT2D eigenvalue weighted by Crippen LogP contribution is -2.37. The van der Waals surface area contributed by atoms with Crippen molar-refractivity contribution in [2.75, 3.05) is 18.0 Å². The molecule has 0 radical (unpaired) electrons. The van der Waals surface area contributed by atoms with Crippen LogP contribution in [-0.4, -0.2) is 40.2 Å². The molecule has 1 fully saturated rings. The highest BCUT2D eigenvalue weighted by molar-refractivity contribution is 6.33. The van der Waals surface area contributed by atoms with Gasteiger partial charge in [0.05, 0.1) is 11.9 Å². The summed E-state index contributed by atoms with van der Waals surface area (Å²) >= 11 is 6.05. The first-order chi connectivity index (χ1) is 12.1. The Balaban J connectivity index is 1.65. The fraction of sp³-hybridized carbons (Fsp3) is 0.412. The van der Waals surface area contributed by atoms with Gasteiger partial charge in [-0.05, 0) is 25.0 Å². The lowest BCUT2D eigenvalue weighted by Gasteiger charge is -2.19. The van der Waals surface area contributed by atoms with E-state index in [0.29, 0.717) is 24.3 Å². The fourth-order valence-electron chi connectivity index (χ4n) is 2.97. The molecule has 25 heavy (non-hydrogen) atoms. The van der Waals surface area contributed by atoms with Crippen molar-refractivity contribution in [1.29, 1.82) is 0 Å². The number of carbonyl (C=O) groups excluding carboxylic acids is 1. The van der Waals surface area contributed by atoms with Crippen LogP contribution in [0.4, 0.5) is 5.69 Å². The Morgan fingerprint density at radius 1 is 1.52 bits per heavy atom. The van der Waals surface area contributed by atoms with Crippen LogP contribution >= 0.6 is 11.6 Å². The molecule has 1 aliphatic rings. The Bertz CT molecular complexity index is 823. The Morgan fingerprint density at radius 2 is 2.36 bits per heavy atom. The molecule has 1 saturated heterocycles. The predicted octanol–water partition coefficient (Wildman–Crippen LogP) is 1.78. The highest BCUT2D eigenvalue weighted by Crippen LogP contribution is 2.24. The van der Waals surface area contributed by atoms with Gasteiger partial charge in [0.2, 0.25) is 0 Å². The molecule has 1 atom stereocenters. The number of aromatic amines is 1. The summed E-state index contributed by atoms with van der Waals surface area (Å²) in [5.41, 5.74) is 1.72. The van der Waals surface area contributed by atoms with Crippen molar-refractivity contribution < 1.29 is 4.79 Å². The number of pyridine rings is 1. The van der Waals surface area contributed by atoms with E-state index in [2.05, 4.69) is 27.4 Å². The maximum atomic E-state index is 12.5. The summed E-state index contributed by atoms with van der Waals surface area (Å²) in [5.74, 6) is -0.110. The van der Waals surface area contributed by atoms with Gasteiger partial charge >= 0.3 is 0 Å². The average Bonchev–Trinajstić information content (AvgIpc) is 3.06. The first-order valence-corrected chi connectivity index (χ1v) is 8.70. The number of halogens is 1. The second kappa shape index (κ2) is 7.65. The predicted molar refractivity (Wildman–Crippen MR) is 96.2 cm³/mol. The van der Waals surface area contributed by atoms with E-state index in [0.717, 1.165) is 25.0 Å². The fourth-order valence-corrected chi connectivity index (χ4v) is 3.18. The number of H-pyrrole nitrogens is 1. The summed E-state index contributed by atoms with van der Waals surface area (Å²) in [4.78, 5) is 30.3. The molecule has 2 aromatic heterocycles. The van der Waals surface area contributed by atoms with Gasteiger partial charge in [0.1, 0.15) is 5.02 Å². The lowest BCUT2D eigenvalue weighted by atomic mass is 10.1. The monoisotopic (exact) mass is 361 g/mol. The van der Waals surface area contributed by atoms with Gasteiger partial charge in [-0.3, -0.25) is 14.6 Å². The van der Waals surface area contributed by atoms with Crippen molar-refractivity contribution in [3.8, 4) is 0 Å². The molecular weight excluding hydrogens is 342 g/mol. The Hall–Kier alpha value is -2.41. The van der Waals surface area contributed by atoms with E-state index in [1.165, 1.54) is 6.20 Å². The van der Waals surface area contributed by atoms with Gasteiger partial charge < -0.3 is 10.2 Å². The molecule has 1 unspecified atom stereocenters. The Labute approximate surface area is 150 Å². The number of hydrogen-bond acceptors (Lipinski definition) is 5. The molecule has 8 heteroatoms. The molecule has 3 heterocycles. The smallest absolute Gasteiger partial charge is 0.285 e. The number of nitrogens with one attached hydrogen (secondary N) is 2. The minimum Gasteiger partial charge on any atom is -0.367 e. The SMILES string of the molecule is CCCc1cc(C(=O)NC2CCN(c3cn[nH]c(=O)c3Cl)C2)ccn1. The average molecular weight is 362 g/mol. The molecule has 2 N–H and O–H groups in total. The van der Waals surface area contributed by atoms with Gasteiger partial charge in [-0.25, -0.2) is 5.10 Å². The zero-order valence-electron chi connectivity index (χ0n) is 14.0. The highest BCUT2D eigenvalue weighted by Gasteiger charge is 2.26. The van der Waals surface area contributed by atoms with Crippen molar-refractivity contribution >= 4 is 23.2 Å². The van der Waals surface area contributed by atoms with E-state index in [-0.39, 0.29) is 17.0 Å². The Kier molecular flexibility index (Phi) is 5.33. The van der Waals surface area contributed by atoms with E-state index in [4.69, 9.17) is 11.6 Å². The molecule has 2 aromatic rings. The first-order valence-electron chi connectivity index (χ1n) is 8.32. The van der Waals surface area contributed by atoms with Crippen LogP contribution in [0.25, 0.3) is 0 Å². The van der Waals surface area contributed by atoms with Crippen LogP contribution in [0.1, 0.15) is 35.8 Å². The van der Waals surface area contributed by atoms with Crippen LogP contribution in [0.3, 0.4) is 0 Å². The quantitative estimate of drug-likeness (QED) is 0.847. The topological polar surface area (TPSA) is 91.0 Å². The molecule has 0 aliphatic carbocycles. The minimum absolute atomic E-state index is 0.00866. The Morgan fingerprint density at radius 3 is 3.16 bits per heavy atom. The summed E-state index contributed by atoms with van der Waals surface area (Å²) in [5, 5.41) is 9.26. The number of anilines is 1. The van der Waals surface area contributed by atoms with Crippen LogP contribution in [0.2, 0.25) is 5.02 Å².